The minimum Gasteiger partial charge on any atom is -0.550 e. The van der Waals surface area contributed by atoms with Gasteiger partial charge in [0, 0.05) is 12.4 Å². The Morgan fingerprint density at radius 2 is 1.91 bits per heavy atom. The first kappa shape index (κ1) is 13.7. The number of likely N-dealkylation sites (N-methyl/N-ethyl adjacent to an activating group) is 1. The first-order valence-corrected chi connectivity index (χ1v) is 2.66. The van der Waals surface area contributed by atoms with Crippen molar-refractivity contribution in [2.45, 2.75) is 12.5 Å². The van der Waals surface area contributed by atoms with E-state index in [1.165, 1.54) is 7.05 Å². The first-order chi connectivity index (χ1) is 4.57. The van der Waals surface area contributed by atoms with E-state index < -0.39 is 24.4 Å². The molecule has 0 amide bonds. The summed E-state index contributed by atoms with van der Waals surface area (Å²) in [6.45, 7) is 0. The largest absolute Gasteiger partial charge is 2.00 e. The molecule has 0 bridgehead atoms. The zero-order valence-electron chi connectivity index (χ0n) is 6.12. The summed E-state index contributed by atoms with van der Waals surface area (Å²) in [7, 11) is 1.34. The second kappa shape index (κ2) is 6.84. The van der Waals surface area contributed by atoms with Gasteiger partial charge in [-0.25, -0.2) is 0 Å². The van der Waals surface area contributed by atoms with Crippen LogP contribution in [0.4, 0.5) is 0 Å². The van der Waals surface area contributed by atoms with Gasteiger partial charge in [-0.3, -0.25) is 0 Å². The van der Waals surface area contributed by atoms with Gasteiger partial charge in [-0.2, -0.15) is 0 Å². The predicted molar refractivity (Wildman–Crippen MR) is 33.2 cm³/mol. The van der Waals surface area contributed by atoms with Gasteiger partial charge in [0.05, 0.1) is 12.0 Å². The van der Waals surface area contributed by atoms with Crippen LogP contribution in [0.5, 0.6) is 0 Å². The van der Waals surface area contributed by atoms with Gasteiger partial charge in [0.25, 0.3) is 0 Å². The van der Waals surface area contributed by atoms with Crippen LogP contribution in [0.1, 0.15) is 6.42 Å². The second-order valence-electron chi connectivity index (χ2n) is 1.74. The molecule has 0 spiro atoms. The van der Waals surface area contributed by atoms with Crippen LogP contribution in [-0.2, 0) is 9.59 Å². The number of carboxylic acid groups (broad SMARTS) is 2. The van der Waals surface area contributed by atoms with Crippen molar-refractivity contribution in [3.63, 3.8) is 0 Å². The van der Waals surface area contributed by atoms with E-state index in [-0.39, 0.29) is 37.7 Å². The molecular formula is C5H7CaNO4. The molecule has 0 aliphatic carbocycles. The molecule has 6 heteroatoms. The van der Waals surface area contributed by atoms with Gasteiger partial charge in [0.1, 0.15) is 0 Å². The molecule has 0 aliphatic rings. The predicted octanol–water partition coefficient (Wildman–Crippen LogP) is -3.92. The molecule has 0 saturated heterocycles. The Bertz CT molecular complexity index is 149. The van der Waals surface area contributed by atoms with Gasteiger partial charge in [-0.05, 0) is 7.05 Å². The summed E-state index contributed by atoms with van der Waals surface area (Å²) < 4.78 is 0. The molecule has 0 saturated carbocycles. The van der Waals surface area contributed by atoms with Gasteiger partial charge in [0.15, 0.2) is 0 Å². The van der Waals surface area contributed by atoms with E-state index >= 15 is 0 Å². The van der Waals surface area contributed by atoms with Crippen molar-refractivity contribution in [3.8, 4) is 0 Å². The van der Waals surface area contributed by atoms with Gasteiger partial charge in [0.2, 0.25) is 0 Å². The zero-order chi connectivity index (χ0) is 8.15. The molecule has 0 aromatic carbocycles. The van der Waals surface area contributed by atoms with Crippen molar-refractivity contribution in [1.82, 2.24) is 5.32 Å². The molecule has 0 rings (SSSR count). The van der Waals surface area contributed by atoms with Crippen LogP contribution in [0.25, 0.3) is 0 Å². The van der Waals surface area contributed by atoms with Crippen LogP contribution >= 0.6 is 0 Å². The maximum absolute atomic E-state index is 10.0. The van der Waals surface area contributed by atoms with E-state index in [0.717, 1.165) is 0 Å². The van der Waals surface area contributed by atoms with Crippen LogP contribution in [0.2, 0.25) is 0 Å². The average molecular weight is 185 g/mol. The van der Waals surface area contributed by atoms with Crippen LogP contribution in [-0.4, -0.2) is 62.8 Å². The Balaban J connectivity index is 0. The van der Waals surface area contributed by atoms with E-state index in [9.17, 15) is 19.8 Å². The normalized spacial score (nSPS) is 11.4. The van der Waals surface area contributed by atoms with E-state index in [2.05, 4.69) is 5.32 Å². The van der Waals surface area contributed by atoms with Crippen LogP contribution < -0.4 is 15.5 Å². The first-order valence-electron chi connectivity index (χ1n) is 2.66. The molecule has 58 valence electrons. The Kier molecular flexibility index (Phi) is 8.54. The van der Waals surface area contributed by atoms with Gasteiger partial charge in [-0.1, -0.05) is 0 Å². The number of carbonyl (C=O) groups is 2. The van der Waals surface area contributed by atoms with E-state index in [0.29, 0.717) is 0 Å². The Labute approximate surface area is 93.8 Å². The molecule has 0 aliphatic heterocycles. The number of carbonyl (C=O) groups excluding carboxylic acids is 2. The van der Waals surface area contributed by atoms with Crippen molar-refractivity contribution in [2.75, 3.05) is 7.05 Å². The van der Waals surface area contributed by atoms with Crippen LogP contribution in [0.15, 0.2) is 0 Å². The fraction of sp³-hybridized carbons (Fsp3) is 0.600. The fourth-order valence-electron chi connectivity index (χ4n) is 0.470. The molecule has 0 fully saturated rings. The molecule has 1 unspecified atom stereocenters. The summed E-state index contributed by atoms with van der Waals surface area (Å²) in [6, 6.07) is -1.16. The maximum atomic E-state index is 10.0. The standard InChI is InChI=1S/C5H9NO4.Ca/c1-6-3(5(9)10)2-4(7)8;/h3,6H,2H2,1H3,(H,7,8)(H,9,10);/q;+2/p-2. The number of aliphatic carboxylic acids is 2. The van der Waals surface area contributed by atoms with Gasteiger partial charge < -0.3 is 25.1 Å². The number of hydrogen-bond donors (Lipinski definition) is 1. The fourth-order valence-corrected chi connectivity index (χ4v) is 0.470. The molecule has 0 radical (unpaired) electrons. The summed E-state index contributed by atoms with van der Waals surface area (Å²) in [6.07, 6.45) is -0.571. The molecule has 0 aromatic heterocycles. The van der Waals surface area contributed by atoms with Gasteiger partial charge in [-0.15, -0.1) is 0 Å². The van der Waals surface area contributed by atoms with Crippen molar-refractivity contribution >= 4 is 49.7 Å². The molecule has 0 heterocycles. The smallest absolute Gasteiger partial charge is 0.550 e. The molecule has 5 nitrogen and oxygen atoms in total. The van der Waals surface area contributed by atoms with Crippen molar-refractivity contribution in [2.24, 2.45) is 0 Å². The minimum atomic E-state index is -1.44. The second-order valence-corrected chi connectivity index (χ2v) is 1.74. The Hall–Kier alpha value is 0.160. The summed E-state index contributed by atoms with van der Waals surface area (Å²) in [4.78, 5) is 19.8. The molecule has 0 aromatic rings. The topological polar surface area (TPSA) is 92.3 Å². The van der Waals surface area contributed by atoms with E-state index in [4.69, 9.17) is 0 Å². The third-order valence-electron chi connectivity index (χ3n) is 1.00. The van der Waals surface area contributed by atoms with Crippen molar-refractivity contribution in [3.05, 3.63) is 0 Å². The SMILES string of the molecule is CNC(CC(=O)[O-])C(=O)[O-].[Ca+2]. The van der Waals surface area contributed by atoms with Crippen molar-refractivity contribution in [1.29, 1.82) is 0 Å². The monoisotopic (exact) mass is 185 g/mol. The molecule has 1 atom stereocenters. The third kappa shape index (κ3) is 6.55. The van der Waals surface area contributed by atoms with Crippen molar-refractivity contribution < 1.29 is 19.8 Å². The summed E-state index contributed by atoms with van der Waals surface area (Å²) >= 11 is 0. The molecular weight excluding hydrogens is 178 g/mol. The minimum absolute atomic E-state index is 0. The van der Waals surface area contributed by atoms with Gasteiger partial charge >= 0.3 is 37.7 Å². The number of carboxylic acids is 2. The van der Waals surface area contributed by atoms with E-state index in [1.807, 2.05) is 0 Å². The number of nitrogens with one attached hydrogen (secondary N) is 1. The molecule has 1 N–H and O–H groups in total. The number of rotatable bonds is 4. The van der Waals surface area contributed by atoms with Crippen LogP contribution in [0.3, 0.4) is 0 Å². The quantitative estimate of drug-likeness (QED) is 0.452. The van der Waals surface area contributed by atoms with Crippen LogP contribution in [0, 0.1) is 0 Å². The summed E-state index contributed by atoms with van der Waals surface area (Å²) in [5.74, 6) is -2.85. The maximum Gasteiger partial charge on any atom is 2.00 e. The number of hydrogen-bond acceptors (Lipinski definition) is 5. The van der Waals surface area contributed by atoms with E-state index in [1.54, 1.807) is 0 Å². The molecule has 11 heavy (non-hydrogen) atoms. The zero-order valence-corrected chi connectivity index (χ0v) is 8.33. The Morgan fingerprint density at radius 3 is 2.00 bits per heavy atom. The third-order valence-corrected chi connectivity index (χ3v) is 1.00. The average Bonchev–Trinajstić information content (AvgIpc) is 1.81. The Morgan fingerprint density at radius 1 is 1.45 bits per heavy atom. The summed E-state index contributed by atoms with van der Waals surface area (Å²) in [5, 5.41) is 22.1. The summed E-state index contributed by atoms with van der Waals surface area (Å²) in [5.41, 5.74) is 0.